The number of aliphatic hydroxyl groups is 1. The number of aromatic nitrogens is 2. The largest absolute Gasteiger partial charge is 0.508 e. The topological polar surface area (TPSA) is 194 Å². The van der Waals surface area contributed by atoms with Gasteiger partial charge in [0.15, 0.2) is 0 Å². The number of nitrogens with one attached hydrogen (secondary N) is 4. The van der Waals surface area contributed by atoms with Gasteiger partial charge in [-0.25, -0.2) is 9.78 Å². The number of phenols is 1. The number of anilines is 2. The minimum Gasteiger partial charge on any atom is -0.508 e. The summed E-state index contributed by atoms with van der Waals surface area (Å²) in [6.07, 6.45) is 8.45. The number of aromatic amines is 1. The fourth-order valence-electron chi connectivity index (χ4n) is 7.29. The van der Waals surface area contributed by atoms with E-state index in [0.29, 0.717) is 11.8 Å². The number of hydrogen-bond donors (Lipinski definition) is 7. The summed E-state index contributed by atoms with van der Waals surface area (Å²) in [5, 5.41) is 37.2. The number of fused-ring (bicyclic) bond motifs is 3. The highest BCUT2D eigenvalue weighted by Crippen LogP contribution is 2.56. The highest BCUT2D eigenvalue weighted by Gasteiger charge is 2.46. The monoisotopic (exact) mass is 731 g/mol. The lowest BCUT2D eigenvalue weighted by Crippen LogP contribution is -2.53. The molecule has 4 atom stereocenters. The predicted molar refractivity (Wildman–Crippen MR) is 198 cm³/mol. The second-order valence-corrected chi connectivity index (χ2v) is 13.4. The number of aliphatic carboxylic acids is 1. The number of nitrogens with zero attached hydrogens (tertiary/aromatic N) is 1. The van der Waals surface area contributed by atoms with Crippen molar-refractivity contribution in [2.45, 2.75) is 35.8 Å². The molecule has 0 saturated carbocycles. The summed E-state index contributed by atoms with van der Waals surface area (Å²) < 4.78 is 0. The van der Waals surface area contributed by atoms with Crippen LogP contribution < -0.4 is 21.5 Å². The number of amides is 2. The molecule has 1 aromatic heterocycles. The van der Waals surface area contributed by atoms with Gasteiger partial charge in [0.1, 0.15) is 11.3 Å². The average molecular weight is 732 g/mol. The van der Waals surface area contributed by atoms with Crippen molar-refractivity contribution in [3.05, 3.63) is 153 Å². The van der Waals surface area contributed by atoms with Gasteiger partial charge in [0, 0.05) is 35.5 Å². The van der Waals surface area contributed by atoms with Crippen molar-refractivity contribution in [2.75, 3.05) is 11.9 Å². The van der Waals surface area contributed by atoms with Crippen LogP contribution in [0.2, 0.25) is 0 Å². The van der Waals surface area contributed by atoms with Crippen LogP contribution in [0.1, 0.15) is 50.0 Å². The molecule has 0 saturated heterocycles. The summed E-state index contributed by atoms with van der Waals surface area (Å²) in [6.45, 7) is -0.613. The second-order valence-electron chi connectivity index (χ2n) is 12.9. The Labute approximate surface area is 308 Å². The molecule has 7 N–H and O–H groups in total. The van der Waals surface area contributed by atoms with E-state index >= 15 is 0 Å². The van der Waals surface area contributed by atoms with E-state index in [9.17, 15) is 34.5 Å². The first kappa shape index (κ1) is 35.2. The van der Waals surface area contributed by atoms with Gasteiger partial charge in [0.25, 0.3) is 11.5 Å². The maximum absolute atomic E-state index is 12.5. The molecule has 4 bridgehead atoms. The zero-order valence-electron chi connectivity index (χ0n) is 28.0. The quantitative estimate of drug-likeness (QED) is 0.0633. The van der Waals surface area contributed by atoms with Gasteiger partial charge in [-0.2, -0.15) is 0 Å². The summed E-state index contributed by atoms with van der Waals surface area (Å²) in [5.74, 6) is -2.14. The van der Waals surface area contributed by atoms with Gasteiger partial charge in [-0.05, 0) is 69.8 Å². The zero-order valence-corrected chi connectivity index (χ0v) is 28.8. The molecule has 4 unspecified atom stereocenters. The van der Waals surface area contributed by atoms with Crippen molar-refractivity contribution in [1.82, 2.24) is 20.6 Å². The molecule has 1 heterocycles. The lowest BCUT2D eigenvalue weighted by Gasteiger charge is -2.29. The highest BCUT2D eigenvalue weighted by molar-refractivity contribution is 6.23. The van der Waals surface area contributed by atoms with Crippen molar-refractivity contribution in [3.63, 3.8) is 0 Å². The van der Waals surface area contributed by atoms with Crippen LogP contribution in [-0.2, 0) is 28.0 Å². The molecule has 0 fully saturated rings. The first-order chi connectivity index (χ1) is 25.5. The van der Waals surface area contributed by atoms with Gasteiger partial charge in [0.05, 0.1) is 6.54 Å². The van der Waals surface area contributed by atoms with Crippen molar-refractivity contribution >= 4 is 41.0 Å². The van der Waals surface area contributed by atoms with Crippen molar-refractivity contribution in [2.24, 2.45) is 0 Å². The molecule has 0 radical (unpaired) electrons. The molecule has 268 valence electrons. The van der Waals surface area contributed by atoms with Gasteiger partial charge in [-0.15, -0.1) is 0 Å². The maximum atomic E-state index is 12.5. The lowest BCUT2D eigenvalue weighted by molar-refractivity contribution is -0.161. The van der Waals surface area contributed by atoms with Crippen LogP contribution in [-0.4, -0.2) is 55.1 Å². The number of hydrogen-bond acceptors (Lipinski definition) is 8. The predicted octanol–water partition coefficient (Wildman–Crippen LogP) is 4.81. The SMILES string of the molecule is C1=CC2c3ccc4c(c3C1)C2Cc1ccccc1-4.O=C(CNC(=O)c1cc(O)cc(Nc2nccc(=O)[nH]2)c1)NC(Cl)C(O)(C(=O)O)c1ccccc1. The normalized spacial score (nSPS) is 17.2. The molecule has 13 heteroatoms. The number of allylic oxidation sites excluding steroid dienone is 2. The Morgan fingerprint density at radius 3 is 2.53 bits per heavy atom. The number of H-pyrrole nitrogens is 1. The van der Waals surface area contributed by atoms with Crippen LogP contribution in [0.15, 0.2) is 114 Å². The molecule has 8 rings (SSSR count). The third-order valence-electron chi connectivity index (χ3n) is 9.69. The van der Waals surface area contributed by atoms with Crippen LogP contribution >= 0.6 is 11.6 Å². The third kappa shape index (κ3) is 6.89. The molecule has 3 aliphatic rings. The van der Waals surface area contributed by atoms with E-state index in [4.69, 9.17) is 11.6 Å². The molecule has 0 spiro atoms. The van der Waals surface area contributed by atoms with Crippen molar-refractivity contribution in [1.29, 1.82) is 0 Å². The number of carboxylic acids is 1. The molecule has 3 aliphatic carbocycles. The number of carboxylic acid groups (broad SMARTS) is 1. The van der Waals surface area contributed by atoms with E-state index in [1.54, 1.807) is 22.8 Å². The molecule has 5 aromatic rings. The molecular weight excluding hydrogens is 698 g/mol. The summed E-state index contributed by atoms with van der Waals surface area (Å²) in [4.78, 5) is 54.2. The zero-order chi connectivity index (χ0) is 37.3. The van der Waals surface area contributed by atoms with Gasteiger partial charge in [-0.3, -0.25) is 19.4 Å². The number of carbonyl (C=O) groups is 3. The Morgan fingerprint density at radius 1 is 0.981 bits per heavy atom. The fourth-order valence-corrected chi connectivity index (χ4v) is 7.63. The smallest absolute Gasteiger partial charge is 0.343 e. The van der Waals surface area contributed by atoms with Crippen LogP contribution in [0.5, 0.6) is 5.75 Å². The average Bonchev–Trinajstić information content (AvgIpc) is 3.24. The second kappa shape index (κ2) is 14.4. The van der Waals surface area contributed by atoms with Gasteiger partial charge < -0.3 is 31.3 Å². The third-order valence-corrected chi connectivity index (χ3v) is 10.1. The first-order valence-electron chi connectivity index (χ1n) is 16.8. The number of halogens is 1. The van der Waals surface area contributed by atoms with Crippen LogP contribution in [0.25, 0.3) is 11.1 Å². The number of phenolic OH excluding ortho intramolecular Hbond substituents is 1. The van der Waals surface area contributed by atoms with Crippen molar-refractivity contribution in [3.8, 4) is 16.9 Å². The van der Waals surface area contributed by atoms with Gasteiger partial charge in [-0.1, -0.05) is 90.5 Å². The van der Waals surface area contributed by atoms with Crippen LogP contribution in [0.3, 0.4) is 0 Å². The first-order valence-corrected chi connectivity index (χ1v) is 17.3. The van der Waals surface area contributed by atoms with E-state index in [1.807, 2.05) is 0 Å². The summed E-state index contributed by atoms with van der Waals surface area (Å²) >= 11 is 6.03. The lowest BCUT2D eigenvalue weighted by atomic mass is 9.77. The molecule has 12 nitrogen and oxygen atoms in total. The van der Waals surface area contributed by atoms with Crippen LogP contribution in [0, 0.1) is 0 Å². The Morgan fingerprint density at radius 2 is 1.75 bits per heavy atom. The van der Waals surface area contributed by atoms with Crippen LogP contribution in [0.4, 0.5) is 11.6 Å². The van der Waals surface area contributed by atoms with E-state index in [2.05, 4.69) is 74.5 Å². The standard InChI is InChI=1S/C22H20ClN5O7.C18H14/c23-19(22(35,20(33)34)13-4-2-1-3-5-13)27-17(31)11-25-18(32)12-8-14(10-15(29)9-12)26-21-24-7-6-16(30)28-21;1-2-5-12-11(4-1)10-17-13-6-3-7-15-14(13)8-9-16(12)18(15)17/h1-10,19,29,35H,11H2,(H,25,32)(H,27,31)(H,33,34)(H2,24,26,28,30);1-6,8-9,13,17H,7,10H2. The molecule has 2 amide bonds. The van der Waals surface area contributed by atoms with Gasteiger partial charge >= 0.3 is 5.97 Å². The minimum atomic E-state index is -2.62. The number of benzene rings is 4. The molecule has 0 aliphatic heterocycles. The summed E-state index contributed by atoms with van der Waals surface area (Å²) in [5.41, 5.74) is 4.77. The molecule has 53 heavy (non-hydrogen) atoms. The Hall–Kier alpha value is -6.24. The Balaban J connectivity index is 0.000000198. The summed E-state index contributed by atoms with van der Waals surface area (Å²) in [6, 6.07) is 25.9. The van der Waals surface area contributed by atoms with E-state index in [0.717, 1.165) is 12.5 Å². The molecule has 4 aromatic carbocycles. The van der Waals surface area contributed by atoms with Gasteiger partial charge in [0.2, 0.25) is 17.5 Å². The summed E-state index contributed by atoms with van der Waals surface area (Å²) in [7, 11) is 0. The minimum absolute atomic E-state index is 0.0349. The van der Waals surface area contributed by atoms with E-state index < -0.39 is 41.0 Å². The number of aromatic hydroxyl groups is 1. The number of rotatable bonds is 9. The Bertz CT molecular complexity index is 2330. The van der Waals surface area contributed by atoms with E-state index in [-0.39, 0.29) is 28.5 Å². The number of alkyl halides is 1. The molecular formula is C40H34ClN5O7. The number of carbonyl (C=O) groups excluding carboxylic acids is 2. The maximum Gasteiger partial charge on any atom is 0.343 e. The highest BCUT2D eigenvalue weighted by atomic mass is 35.5. The van der Waals surface area contributed by atoms with E-state index in [1.165, 1.54) is 71.8 Å². The Kier molecular flexibility index (Phi) is 9.56. The fraction of sp³-hybridized carbons (Fsp3) is 0.175. The van der Waals surface area contributed by atoms with Crippen molar-refractivity contribution < 1.29 is 29.7 Å².